The van der Waals surface area contributed by atoms with Gasteiger partial charge in [0, 0.05) is 13.1 Å². The quantitative estimate of drug-likeness (QED) is 0.757. The fourth-order valence-electron chi connectivity index (χ4n) is 2.66. The zero-order chi connectivity index (χ0) is 11.4. The van der Waals surface area contributed by atoms with E-state index in [2.05, 4.69) is 33.0 Å². The molecule has 0 aliphatic carbocycles. The van der Waals surface area contributed by atoms with Crippen molar-refractivity contribution in [2.24, 2.45) is 0 Å². The molecule has 90 valence electrons. The molecule has 0 aromatic heterocycles. The van der Waals surface area contributed by atoms with Gasteiger partial charge in [0.1, 0.15) is 0 Å². The summed E-state index contributed by atoms with van der Waals surface area (Å²) in [6.45, 7) is 11.0. The van der Waals surface area contributed by atoms with Gasteiger partial charge in [0.05, 0.1) is 11.2 Å². The first-order valence-corrected chi connectivity index (χ1v) is 6.50. The van der Waals surface area contributed by atoms with Gasteiger partial charge in [-0.15, -0.1) is 0 Å². The predicted molar refractivity (Wildman–Crippen MR) is 65.2 cm³/mol. The lowest BCUT2D eigenvalue weighted by atomic mass is 9.87. The first kappa shape index (κ1) is 13.0. The summed E-state index contributed by atoms with van der Waals surface area (Å²) in [6.07, 6.45) is 5.88. The van der Waals surface area contributed by atoms with Crippen molar-refractivity contribution in [3.05, 3.63) is 0 Å². The molecule has 1 unspecified atom stereocenters. The summed E-state index contributed by atoms with van der Waals surface area (Å²) in [4.78, 5) is 0. The van der Waals surface area contributed by atoms with E-state index in [1.807, 2.05) is 0 Å². The molecule has 2 nitrogen and oxygen atoms in total. The Kier molecular flexibility index (Phi) is 4.60. The maximum absolute atomic E-state index is 6.43. The van der Waals surface area contributed by atoms with Crippen molar-refractivity contribution < 1.29 is 4.74 Å². The molecule has 0 bridgehead atoms. The molecule has 0 amide bonds. The zero-order valence-electron chi connectivity index (χ0n) is 10.9. The van der Waals surface area contributed by atoms with Gasteiger partial charge >= 0.3 is 0 Å². The summed E-state index contributed by atoms with van der Waals surface area (Å²) in [5.41, 5.74) is 0.148. The SMILES string of the molecule is CCCC1(CCC)CNCC(C)(CC)O1. The molecule has 1 saturated heterocycles. The van der Waals surface area contributed by atoms with Crippen molar-refractivity contribution in [2.45, 2.75) is 71.0 Å². The van der Waals surface area contributed by atoms with Crippen LogP contribution < -0.4 is 5.32 Å². The van der Waals surface area contributed by atoms with Crippen molar-refractivity contribution in [3.8, 4) is 0 Å². The summed E-state index contributed by atoms with van der Waals surface area (Å²) < 4.78 is 6.43. The third-order valence-corrected chi connectivity index (χ3v) is 3.57. The van der Waals surface area contributed by atoms with Gasteiger partial charge in [-0.25, -0.2) is 0 Å². The molecule has 15 heavy (non-hydrogen) atoms. The van der Waals surface area contributed by atoms with Crippen molar-refractivity contribution >= 4 is 0 Å². The van der Waals surface area contributed by atoms with Crippen LogP contribution in [0.25, 0.3) is 0 Å². The average Bonchev–Trinajstić information content (AvgIpc) is 2.18. The number of nitrogens with one attached hydrogen (secondary N) is 1. The minimum Gasteiger partial charge on any atom is -0.366 e. The first-order valence-electron chi connectivity index (χ1n) is 6.50. The molecule has 0 aromatic rings. The van der Waals surface area contributed by atoms with Crippen LogP contribution in [-0.4, -0.2) is 24.3 Å². The summed E-state index contributed by atoms with van der Waals surface area (Å²) in [5, 5.41) is 3.56. The summed E-state index contributed by atoms with van der Waals surface area (Å²) in [7, 11) is 0. The monoisotopic (exact) mass is 213 g/mol. The van der Waals surface area contributed by atoms with E-state index in [-0.39, 0.29) is 11.2 Å². The van der Waals surface area contributed by atoms with Gasteiger partial charge in [-0.05, 0) is 26.2 Å². The van der Waals surface area contributed by atoms with Crippen LogP contribution in [-0.2, 0) is 4.74 Å². The zero-order valence-corrected chi connectivity index (χ0v) is 10.9. The predicted octanol–water partition coefficient (Wildman–Crippen LogP) is 3.11. The maximum atomic E-state index is 6.43. The minimum absolute atomic E-state index is 0.0442. The number of hydrogen-bond donors (Lipinski definition) is 1. The second kappa shape index (κ2) is 5.31. The average molecular weight is 213 g/mol. The van der Waals surface area contributed by atoms with E-state index in [0.29, 0.717) is 0 Å². The molecule has 0 aromatic carbocycles. The number of hydrogen-bond acceptors (Lipinski definition) is 2. The molecular formula is C13H27NO. The lowest BCUT2D eigenvalue weighted by molar-refractivity contribution is -0.178. The maximum Gasteiger partial charge on any atom is 0.0814 e. The largest absolute Gasteiger partial charge is 0.366 e. The van der Waals surface area contributed by atoms with Crippen molar-refractivity contribution in [2.75, 3.05) is 13.1 Å². The van der Waals surface area contributed by atoms with E-state index in [1.54, 1.807) is 0 Å². The van der Waals surface area contributed by atoms with Gasteiger partial charge in [-0.3, -0.25) is 0 Å². The normalized spacial score (nSPS) is 30.4. The fraction of sp³-hybridized carbons (Fsp3) is 1.00. The highest BCUT2D eigenvalue weighted by molar-refractivity contribution is 4.93. The van der Waals surface area contributed by atoms with Gasteiger partial charge in [0.25, 0.3) is 0 Å². The molecule has 1 N–H and O–H groups in total. The van der Waals surface area contributed by atoms with E-state index in [0.717, 1.165) is 19.5 Å². The third kappa shape index (κ3) is 3.18. The highest BCUT2D eigenvalue weighted by Crippen LogP contribution is 2.33. The van der Waals surface area contributed by atoms with Crippen LogP contribution in [0.3, 0.4) is 0 Å². The Labute approximate surface area is 94.8 Å². The van der Waals surface area contributed by atoms with Crippen LogP contribution in [0, 0.1) is 0 Å². The van der Waals surface area contributed by atoms with Crippen LogP contribution in [0.4, 0.5) is 0 Å². The van der Waals surface area contributed by atoms with Gasteiger partial charge in [0.15, 0.2) is 0 Å². The van der Waals surface area contributed by atoms with Crippen molar-refractivity contribution in [3.63, 3.8) is 0 Å². The van der Waals surface area contributed by atoms with E-state index in [4.69, 9.17) is 4.74 Å². The summed E-state index contributed by atoms with van der Waals surface area (Å²) >= 11 is 0. The van der Waals surface area contributed by atoms with Crippen LogP contribution in [0.2, 0.25) is 0 Å². The molecule has 0 spiro atoms. The molecule has 1 heterocycles. The summed E-state index contributed by atoms with van der Waals surface area (Å²) in [5.74, 6) is 0. The van der Waals surface area contributed by atoms with E-state index < -0.39 is 0 Å². The number of rotatable bonds is 5. The van der Waals surface area contributed by atoms with Crippen LogP contribution in [0.1, 0.15) is 59.8 Å². The smallest absolute Gasteiger partial charge is 0.0814 e. The Balaban J connectivity index is 2.70. The first-order chi connectivity index (χ1) is 7.10. The number of ether oxygens (including phenoxy) is 1. The second-order valence-electron chi connectivity index (χ2n) is 5.19. The summed E-state index contributed by atoms with van der Waals surface area (Å²) in [6, 6.07) is 0. The van der Waals surface area contributed by atoms with Crippen LogP contribution in [0.15, 0.2) is 0 Å². The topological polar surface area (TPSA) is 21.3 Å². The molecule has 1 rings (SSSR count). The second-order valence-corrected chi connectivity index (χ2v) is 5.19. The molecule has 2 heteroatoms. The molecule has 0 saturated carbocycles. The lowest BCUT2D eigenvalue weighted by Gasteiger charge is -2.47. The van der Waals surface area contributed by atoms with Crippen LogP contribution in [0.5, 0.6) is 0 Å². The number of morpholine rings is 1. The van der Waals surface area contributed by atoms with Crippen molar-refractivity contribution in [1.82, 2.24) is 5.32 Å². The molecule has 0 radical (unpaired) electrons. The molecule has 1 aliphatic rings. The Hall–Kier alpha value is -0.0800. The Morgan fingerprint density at radius 3 is 2.13 bits per heavy atom. The fourth-order valence-corrected chi connectivity index (χ4v) is 2.66. The van der Waals surface area contributed by atoms with E-state index >= 15 is 0 Å². The van der Waals surface area contributed by atoms with E-state index in [9.17, 15) is 0 Å². The Morgan fingerprint density at radius 1 is 1.07 bits per heavy atom. The molecule has 1 atom stereocenters. The lowest BCUT2D eigenvalue weighted by Crippen LogP contribution is -2.59. The Bertz CT molecular complexity index is 181. The van der Waals surface area contributed by atoms with Crippen molar-refractivity contribution in [1.29, 1.82) is 0 Å². The van der Waals surface area contributed by atoms with Crippen LogP contribution >= 0.6 is 0 Å². The highest BCUT2D eigenvalue weighted by Gasteiger charge is 2.40. The van der Waals surface area contributed by atoms with Gasteiger partial charge in [0.2, 0.25) is 0 Å². The Morgan fingerprint density at radius 2 is 1.67 bits per heavy atom. The third-order valence-electron chi connectivity index (χ3n) is 3.57. The minimum atomic E-state index is 0.0442. The van der Waals surface area contributed by atoms with Gasteiger partial charge in [-0.2, -0.15) is 0 Å². The van der Waals surface area contributed by atoms with E-state index in [1.165, 1.54) is 25.7 Å². The molecule has 1 fully saturated rings. The molecular weight excluding hydrogens is 186 g/mol. The standard InChI is InChI=1S/C13H27NO/c1-5-8-13(9-6-2)11-14-10-12(4,7-3)15-13/h14H,5-11H2,1-4H3. The molecule has 1 aliphatic heterocycles. The highest BCUT2D eigenvalue weighted by atomic mass is 16.5. The van der Waals surface area contributed by atoms with Gasteiger partial charge in [-0.1, -0.05) is 33.6 Å². The van der Waals surface area contributed by atoms with Gasteiger partial charge < -0.3 is 10.1 Å².